The standard InChI is InChI=1S/C12H16O3/c1-8-5-9(2)12(10(3)6-8)15-11(13)7-14-4/h5-6H,7H2,1-4H3. The summed E-state index contributed by atoms with van der Waals surface area (Å²) in [5, 5.41) is 0. The number of carbonyl (C=O) groups is 1. The number of rotatable bonds is 3. The molecule has 0 radical (unpaired) electrons. The van der Waals surface area contributed by atoms with Gasteiger partial charge < -0.3 is 9.47 Å². The average molecular weight is 208 g/mol. The van der Waals surface area contributed by atoms with Crippen LogP contribution in [0.2, 0.25) is 0 Å². The molecule has 0 saturated heterocycles. The van der Waals surface area contributed by atoms with Crippen LogP contribution < -0.4 is 4.74 Å². The Balaban J connectivity index is 2.90. The molecule has 82 valence electrons. The highest BCUT2D eigenvalue weighted by atomic mass is 16.6. The van der Waals surface area contributed by atoms with Crippen molar-refractivity contribution in [1.29, 1.82) is 0 Å². The number of carbonyl (C=O) groups excluding carboxylic acids is 1. The van der Waals surface area contributed by atoms with Crippen molar-refractivity contribution >= 4 is 5.97 Å². The van der Waals surface area contributed by atoms with Crippen LogP contribution in [-0.4, -0.2) is 19.7 Å². The fourth-order valence-corrected chi connectivity index (χ4v) is 1.59. The molecule has 0 spiro atoms. The Labute approximate surface area is 90.0 Å². The van der Waals surface area contributed by atoms with Crippen molar-refractivity contribution in [3.63, 3.8) is 0 Å². The van der Waals surface area contributed by atoms with E-state index in [1.807, 2.05) is 32.9 Å². The van der Waals surface area contributed by atoms with Gasteiger partial charge in [-0.3, -0.25) is 0 Å². The molecular formula is C12H16O3. The number of ether oxygens (including phenoxy) is 2. The zero-order chi connectivity index (χ0) is 11.4. The van der Waals surface area contributed by atoms with Gasteiger partial charge in [0.25, 0.3) is 0 Å². The first-order valence-electron chi connectivity index (χ1n) is 4.82. The van der Waals surface area contributed by atoms with Gasteiger partial charge in [-0.25, -0.2) is 4.79 Å². The summed E-state index contributed by atoms with van der Waals surface area (Å²) in [6.45, 7) is 5.85. The van der Waals surface area contributed by atoms with Gasteiger partial charge in [0.15, 0.2) is 0 Å². The van der Waals surface area contributed by atoms with Crippen molar-refractivity contribution in [3.05, 3.63) is 28.8 Å². The van der Waals surface area contributed by atoms with Gasteiger partial charge in [-0.15, -0.1) is 0 Å². The Morgan fingerprint density at radius 1 is 1.20 bits per heavy atom. The average Bonchev–Trinajstić information content (AvgIpc) is 2.11. The maximum Gasteiger partial charge on any atom is 0.337 e. The summed E-state index contributed by atoms with van der Waals surface area (Å²) in [5.74, 6) is 0.273. The number of hydrogen-bond donors (Lipinski definition) is 0. The maximum absolute atomic E-state index is 11.3. The van der Waals surface area contributed by atoms with Crippen LogP contribution in [-0.2, 0) is 9.53 Å². The summed E-state index contributed by atoms with van der Waals surface area (Å²) in [5.41, 5.74) is 3.10. The van der Waals surface area contributed by atoms with Crippen LogP contribution in [0.1, 0.15) is 16.7 Å². The lowest BCUT2D eigenvalue weighted by Crippen LogP contribution is -2.15. The van der Waals surface area contributed by atoms with Gasteiger partial charge in [-0.1, -0.05) is 17.7 Å². The Bertz CT molecular complexity index is 346. The highest BCUT2D eigenvalue weighted by Gasteiger charge is 2.09. The van der Waals surface area contributed by atoms with Gasteiger partial charge in [0, 0.05) is 7.11 Å². The molecule has 0 amide bonds. The van der Waals surface area contributed by atoms with E-state index < -0.39 is 0 Å². The molecule has 0 aromatic heterocycles. The molecule has 0 aliphatic rings. The molecule has 0 aliphatic carbocycles. The normalized spacial score (nSPS) is 10.1. The van der Waals surface area contributed by atoms with E-state index in [4.69, 9.17) is 9.47 Å². The molecule has 0 fully saturated rings. The molecule has 0 unspecified atom stereocenters. The molecule has 3 heteroatoms. The van der Waals surface area contributed by atoms with Gasteiger partial charge in [0.2, 0.25) is 0 Å². The smallest absolute Gasteiger partial charge is 0.337 e. The zero-order valence-corrected chi connectivity index (χ0v) is 9.59. The van der Waals surface area contributed by atoms with E-state index in [9.17, 15) is 4.79 Å². The lowest BCUT2D eigenvalue weighted by atomic mass is 10.1. The second-order valence-electron chi connectivity index (χ2n) is 3.63. The van der Waals surface area contributed by atoms with Crippen molar-refractivity contribution in [3.8, 4) is 5.75 Å². The third kappa shape index (κ3) is 3.06. The van der Waals surface area contributed by atoms with E-state index >= 15 is 0 Å². The molecule has 1 rings (SSSR count). The topological polar surface area (TPSA) is 35.5 Å². The molecule has 0 aliphatic heterocycles. The first-order valence-corrected chi connectivity index (χ1v) is 4.82. The summed E-state index contributed by atoms with van der Waals surface area (Å²) in [6.07, 6.45) is 0. The van der Waals surface area contributed by atoms with Crippen LogP contribution >= 0.6 is 0 Å². The summed E-state index contributed by atoms with van der Waals surface area (Å²) >= 11 is 0. The number of methoxy groups -OCH3 is 1. The number of benzene rings is 1. The maximum atomic E-state index is 11.3. The predicted octanol–water partition coefficient (Wildman–Crippen LogP) is 2.16. The highest BCUT2D eigenvalue weighted by molar-refractivity contribution is 5.74. The SMILES string of the molecule is COCC(=O)Oc1c(C)cc(C)cc1C. The monoisotopic (exact) mass is 208 g/mol. The van der Waals surface area contributed by atoms with Crippen LogP contribution in [0.4, 0.5) is 0 Å². The largest absolute Gasteiger partial charge is 0.424 e. The molecule has 0 N–H and O–H groups in total. The second-order valence-corrected chi connectivity index (χ2v) is 3.63. The van der Waals surface area contributed by atoms with Crippen molar-refractivity contribution in [1.82, 2.24) is 0 Å². The van der Waals surface area contributed by atoms with Gasteiger partial charge in [-0.2, -0.15) is 0 Å². The Morgan fingerprint density at radius 2 is 1.73 bits per heavy atom. The van der Waals surface area contributed by atoms with Crippen LogP contribution in [0.3, 0.4) is 0 Å². The van der Waals surface area contributed by atoms with E-state index in [1.54, 1.807) is 0 Å². The molecule has 3 nitrogen and oxygen atoms in total. The van der Waals surface area contributed by atoms with Gasteiger partial charge >= 0.3 is 5.97 Å². The molecule has 0 saturated carbocycles. The molecule has 0 heterocycles. The Hall–Kier alpha value is -1.35. The van der Waals surface area contributed by atoms with Gasteiger partial charge in [-0.05, 0) is 31.9 Å². The highest BCUT2D eigenvalue weighted by Crippen LogP contribution is 2.24. The van der Waals surface area contributed by atoms with Crippen molar-refractivity contribution in [2.75, 3.05) is 13.7 Å². The van der Waals surface area contributed by atoms with Gasteiger partial charge in [0.05, 0.1) is 0 Å². The van der Waals surface area contributed by atoms with E-state index in [-0.39, 0.29) is 12.6 Å². The lowest BCUT2D eigenvalue weighted by Gasteiger charge is -2.11. The number of hydrogen-bond acceptors (Lipinski definition) is 3. The van der Waals surface area contributed by atoms with Crippen molar-refractivity contribution in [2.24, 2.45) is 0 Å². The van der Waals surface area contributed by atoms with Crippen LogP contribution in [0.25, 0.3) is 0 Å². The molecule has 15 heavy (non-hydrogen) atoms. The van der Waals surface area contributed by atoms with Crippen molar-refractivity contribution in [2.45, 2.75) is 20.8 Å². The minimum Gasteiger partial charge on any atom is -0.424 e. The minimum absolute atomic E-state index is 0.0211. The van der Waals surface area contributed by atoms with E-state index in [0.717, 1.165) is 16.7 Å². The number of esters is 1. The fraction of sp³-hybridized carbons (Fsp3) is 0.417. The van der Waals surface area contributed by atoms with Crippen LogP contribution in [0, 0.1) is 20.8 Å². The van der Waals surface area contributed by atoms with E-state index in [2.05, 4.69) is 0 Å². The summed E-state index contributed by atoms with van der Waals surface area (Å²) in [6, 6.07) is 3.98. The summed E-state index contributed by atoms with van der Waals surface area (Å²) in [7, 11) is 1.47. The summed E-state index contributed by atoms with van der Waals surface area (Å²) < 4.78 is 9.91. The summed E-state index contributed by atoms with van der Waals surface area (Å²) in [4.78, 5) is 11.3. The van der Waals surface area contributed by atoms with Crippen LogP contribution in [0.5, 0.6) is 5.75 Å². The first-order chi connectivity index (χ1) is 7.04. The van der Waals surface area contributed by atoms with Gasteiger partial charge in [0.1, 0.15) is 12.4 Å². The minimum atomic E-state index is -0.368. The quantitative estimate of drug-likeness (QED) is 0.564. The predicted molar refractivity (Wildman–Crippen MR) is 58.2 cm³/mol. The Kier molecular flexibility index (Phi) is 3.86. The zero-order valence-electron chi connectivity index (χ0n) is 9.59. The Morgan fingerprint density at radius 3 is 2.20 bits per heavy atom. The number of aryl methyl sites for hydroxylation is 3. The van der Waals surface area contributed by atoms with E-state index in [0.29, 0.717) is 5.75 Å². The molecule has 0 bridgehead atoms. The molecule has 1 aromatic carbocycles. The third-order valence-corrected chi connectivity index (χ3v) is 2.08. The lowest BCUT2D eigenvalue weighted by molar-refractivity contribution is -0.138. The van der Waals surface area contributed by atoms with E-state index in [1.165, 1.54) is 7.11 Å². The third-order valence-electron chi connectivity index (χ3n) is 2.08. The second kappa shape index (κ2) is 4.94. The molecule has 1 aromatic rings. The van der Waals surface area contributed by atoms with Crippen molar-refractivity contribution < 1.29 is 14.3 Å². The fourth-order valence-electron chi connectivity index (χ4n) is 1.59. The molecule has 0 atom stereocenters. The van der Waals surface area contributed by atoms with Crippen LogP contribution in [0.15, 0.2) is 12.1 Å². The molecular weight excluding hydrogens is 192 g/mol. The first kappa shape index (κ1) is 11.7.